The topological polar surface area (TPSA) is 42.7 Å². The molecule has 0 unspecified atom stereocenters. The van der Waals surface area contributed by atoms with Gasteiger partial charge in [-0.25, -0.2) is 0 Å². The second kappa shape index (κ2) is 7.67. The monoisotopic (exact) mass is 401 g/mol. The van der Waals surface area contributed by atoms with E-state index in [0.29, 0.717) is 40.4 Å². The van der Waals surface area contributed by atoms with Gasteiger partial charge in [0, 0.05) is 24.2 Å². The molecule has 0 spiro atoms. The molecule has 0 aliphatic carbocycles. The summed E-state index contributed by atoms with van der Waals surface area (Å²) in [5.74, 6) is 1.22. The molecule has 2 aromatic carbocycles. The Morgan fingerprint density at radius 2 is 1.89 bits per heavy atom. The molecule has 3 aromatic rings. The predicted octanol–water partition coefficient (Wildman–Crippen LogP) is 5.36. The van der Waals surface area contributed by atoms with Crippen molar-refractivity contribution in [2.75, 3.05) is 6.54 Å². The molecule has 0 fully saturated rings. The summed E-state index contributed by atoms with van der Waals surface area (Å²) in [4.78, 5) is 14.6. The van der Waals surface area contributed by atoms with E-state index in [1.54, 1.807) is 35.2 Å². The first-order chi connectivity index (χ1) is 13.1. The number of rotatable bonds is 4. The number of nitrogens with zero attached hydrogens (tertiary/aromatic N) is 1. The molecule has 138 valence electrons. The van der Waals surface area contributed by atoms with Crippen LogP contribution in [0, 0.1) is 0 Å². The Morgan fingerprint density at radius 1 is 1.07 bits per heavy atom. The van der Waals surface area contributed by atoms with Crippen molar-refractivity contribution in [1.82, 2.24) is 4.90 Å². The minimum atomic E-state index is -0.114. The van der Waals surface area contributed by atoms with Crippen LogP contribution in [0.4, 0.5) is 0 Å². The summed E-state index contributed by atoms with van der Waals surface area (Å²) in [6.07, 6.45) is 0.853. The maximum atomic E-state index is 12.7. The van der Waals surface area contributed by atoms with E-state index in [4.69, 9.17) is 32.4 Å². The van der Waals surface area contributed by atoms with Gasteiger partial charge in [0.05, 0.1) is 5.02 Å². The van der Waals surface area contributed by atoms with Gasteiger partial charge in [-0.05, 0) is 41.8 Å². The Kier molecular flexibility index (Phi) is 5.10. The largest absolute Gasteiger partial charge is 0.484 e. The van der Waals surface area contributed by atoms with E-state index in [9.17, 15) is 4.79 Å². The molecular formula is C21H17Cl2NO3. The third-order valence-corrected chi connectivity index (χ3v) is 5.10. The van der Waals surface area contributed by atoms with Crippen LogP contribution in [-0.2, 0) is 19.6 Å². The molecule has 0 radical (unpaired) electrons. The first kappa shape index (κ1) is 18.0. The highest BCUT2D eigenvalue weighted by Gasteiger charge is 2.23. The number of furan rings is 1. The van der Waals surface area contributed by atoms with Gasteiger partial charge < -0.3 is 14.1 Å². The third-order valence-electron chi connectivity index (χ3n) is 4.55. The number of halogens is 2. The summed E-state index contributed by atoms with van der Waals surface area (Å²) < 4.78 is 11.3. The summed E-state index contributed by atoms with van der Waals surface area (Å²) in [6.45, 7) is 1.44. The predicted molar refractivity (Wildman–Crippen MR) is 104 cm³/mol. The van der Waals surface area contributed by atoms with Crippen molar-refractivity contribution in [1.29, 1.82) is 0 Å². The first-order valence-corrected chi connectivity index (χ1v) is 9.38. The van der Waals surface area contributed by atoms with Crippen LogP contribution in [0.15, 0.2) is 59.0 Å². The average molecular weight is 402 g/mol. The van der Waals surface area contributed by atoms with Crippen molar-refractivity contribution in [3.63, 3.8) is 0 Å². The van der Waals surface area contributed by atoms with Crippen LogP contribution in [-0.4, -0.2) is 17.4 Å². The van der Waals surface area contributed by atoms with E-state index in [0.717, 1.165) is 6.42 Å². The van der Waals surface area contributed by atoms with Gasteiger partial charge in [0.1, 0.15) is 18.1 Å². The molecular weight excluding hydrogens is 385 g/mol. The summed E-state index contributed by atoms with van der Waals surface area (Å²) in [5, 5.41) is 1.00. The van der Waals surface area contributed by atoms with Crippen molar-refractivity contribution in [2.45, 2.75) is 19.6 Å². The Labute approximate surface area is 167 Å². The molecule has 0 saturated carbocycles. The summed E-state index contributed by atoms with van der Waals surface area (Å²) in [5.41, 5.74) is 2.48. The Balaban J connectivity index is 1.42. The maximum absolute atomic E-state index is 12.7. The minimum absolute atomic E-state index is 0.114. The van der Waals surface area contributed by atoms with Crippen LogP contribution in [0.2, 0.25) is 10.0 Å². The molecule has 0 saturated heterocycles. The number of carbonyl (C=O) groups excluding carboxylic acids is 1. The van der Waals surface area contributed by atoms with Crippen molar-refractivity contribution >= 4 is 29.1 Å². The highest BCUT2D eigenvalue weighted by molar-refractivity contribution is 6.34. The zero-order valence-electron chi connectivity index (χ0n) is 14.5. The van der Waals surface area contributed by atoms with Crippen LogP contribution in [0.25, 0.3) is 0 Å². The van der Waals surface area contributed by atoms with E-state index >= 15 is 0 Å². The molecule has 1 aromatic heterocycles. The summed E-state index contributed by atoms with van der Waals surface area (Å²) in [7, 11) is 0. The molecule has 0 N–H and O–H groups in total. The van der Waals surface area contributed by atoms with Gasteiger partial charge in [0.15, 0.2) is 5.76 Å². The number of ether oxygens (including phenoxy) is 1. The van der Waals surface area contributed by atoms with E-state index in [1.807, 2.05) is 12.1 Å². The molecule has 27 heavy (non-hydrogen) atoms. The number of amides is 1. The maximum Gasteiger partial charge on any atom is 0.289 e. The zero-order chi connectivity index (χ0) is 18.8. The van der Waals surface area contributed by atoms with Crippen LogP contribution in [0.1, 0.15) is 27.4 Å². The van der Waals surface area contributed by atoms with Gasteiger partial charge in [-0.3, -0.25) is 4.79 Å². The highest BCUT2D eigenvalue weighted by Crippen LogP contribution is 2.28. The van der Waals surface area contributed by atoms with Crippen LogP contribution < -0.4 is 4.74 Å². The third kappa shape index (κ3) is 3.97. The fraction of sp³-hybridized carbons (Fsp3) is 0.190. The van der Waals surface area contributed by atoms with E-state index in [1.165, 1.54) is 11.1 Å². The minimum Gasteiger partial charge on any atom is -0.484 e. The normalized spacial score (nSPS) is 13.3. The van der Waals surface area contributed by atoms with E-state index in [2.05, 4.69) is 12.1 Å². The number of hydrogen-bond acceptors (Lipinski definition) is 3. The number of benzene rings is 2. The van der Waals surface area contributed by atoms with Crippen molar-refractivity contribution in [3.05, 3.63) is 87.3 Å². The molecule has 0 bridgehead atoms. The van der Waals surface area contributed by atoms with Crippen LogP contribution in [0.3, 0.4) is 0 Å². The molecule has 6 heteroatoms. The van der Waals surface area contributed by atoms with Crippen molar-refractivity contribution < 1.29 is 13.9 Å². The molecule has 4 nitrogen and oxygen atoms in total. The molecule has 0 atom stereocenters. The Morgan fingerprint density at radius 3 is 2.74 bits per heavy atom. The lowest BCUT2D eigenvalue weighted by molar-refractivity contribution is 0.0698. The number of carbonyl (C=O) groups is 1. The lowest BCUT2D eigenvalue weighted by atomic mass is 10.00. The number of fused-ring (bicyclic) bond motifs is 1. The van der Waals surface area contributed by atoms with Gasteiger partial charge in [0.2, 0.25) is 0 Å². The molecule has 1 amide bonds. The lowest BCUT2D eigenvalue weighted by Crippen LogP contribution is -2.35. The SMILES string of the molecule is O=C(c1ccc(COc2cc(Cl)ccc2Cl)o1)N1CCc2ccccc2C1. The van der Waals surface area contributed by atoms with Crippen LogP contribution >= 0.6 is 23.2 Å². The van der Waals surface area contributed by atoms with Crippen LogP contribution in [0.5, 0.6) is 5.75 Å². The van der Waals surface area contributed by atoms with Gasteiger partial charge in [-0.2, -0.15) is 0 Å². The van der Waals surface area contributed by atoms with Gasteiger partial charge >= 0.3 is 0 Å². The van der Waals surface area contributed by atoms with Gasteiger partial charge in [-0.15, -0.1) is 0 Å². The second-order valence-corrected chi connectivity index (χ2v) is 7.22. The van der Waals surface area contributed by atoms with Gasteiger partial charge in [-0.1, -0.05) is 47.5 Å². The summed E-state index contributed by atoms with van der Waals surface area (Å²) >= 11 is 12.0. The molecule has 1 aliphatic rings. The lowest BCUT2D eigenvalue weighted by Gasteiger charge is -2.28. The fourth-order valence-electron chi connectivity index (χ4n) is 3.13. The highest BCUT2D eigenvalue weighted by atomic mass is 35.5. The van der Waals surface area contributed by atoms with E-state index in [-0.39, 0.29) is 12.5 Å². The molecule has 4 rings (SSSR count). The van der Waals surface area contributed by atoms with E-state index < -0.39 is 0 Å². The molecule has 1 aliphatic heterocycles. The Hall–Kier alpha value is -2.43. The Bertz CT molecular complexity index is 983. The first-order valence-electron chi connectivity index (χ1n) is 8.63. The second-order valence-electron chi connectivity index (χ2n) is 6.37. The number of hydrogen-bond donors (Lipinski definition) is 0. The van der Waals surface area contributed by atoms with Crippen molar-refractivity contribution in [2.24, 2.45) is 0 Å². The van der Waals surface area contributed by atoms with Crippen molar-refractivity contribution in [3.8, 4) is 5.75 Å². The summed E-state index contributed by atoms with van der Waals surface area (Å²) in [6, 6.07) is 16.6. The quantitative estimate of drug-likeness (QED) is 0.590. The van der Waals surface area contributed by atoms with Gasteiger partial charge in [0.25, 0.3) is 5.91 Å². The average Bonchev–Trinajstić information content (AvgIpc) is 3.16. The smallest absolute Gasteiger partial charge is 0.289 e. The fourth-order valence-corrected chi connectivity index (χ4v) is 3.47. The zero-order valence-corrected chi connectivity index (χ0v) is 16.0. The molecule has 2 heterocycles. The standard InChI is InChI=1S/C21H17Cl2NO3/c22-16-5-7-18(23)20(11-16)26-13-17-6-8-19(27-17)21(25)24-10-9-14-3-1-2-4-15(14)12-24/h1-8,11H,9-10,12-13H2.